The van der Waals surface area contributed by atoms with Crippen LogP contribution in [0.1, 0.15) is 25.7 Å². The van der Waals surface area contributed by atoms with Gasteiger partial charge < -0.3 is 4.90 Å². The van der Waals surface area contributed by atoms with Crippen LogP contribution in [0.25, 0.3) is 0 Å². The second kappa shape index (κ2) is 5.96. The SMILES string of the molecule is O=C(N1CCCCCC1)C(F)(F)C(F)(F)C(F)(F)C(F)F. The van der Waals surface area contributed by atoms with Crippen LogP contribution in [0.15, 0.2) is 0 Å². The van der Waals surface area contributed by atoms with Crippen LogP contribution in [-0.4, -0.2) is 48.1 Å². The lowest BCUT2D eigenvalue weighted by Crippen LogP contribution is -2.63. The Balaban J connectivity index is 3.04. The number of hydrogen-bond acceptors (Lipinski definition) is 1. The summed E-state index contributed by atoms with van der Waals surface area (Å²) in [5, 5.41) is 0. The molecular formula is C11H13F8NO. The minimum absolute atomic E-state index is 0.249. The fourth-order valence-corrected chi connectivity index (χ4v) is 1.95. The summed E-state index contributed by atoms with van der Waals surface area (Å²) >= 11 is 0. The molecule has 1 aliphatic rings. The summed E-state index contributed by atoms with van der Waals surface area (Å²) in [6.45, 7) is -0.602. The quantitative estimate of drug-likeness (QED) is 0.723. The molecular weight excluding hydrogens is 314 g/mol. The van der Waals surface area contributed by atoms with Crippen molar-refractivity contribution >= 4 is 5.91 Å². The highest BCUT2D eigenvalue weighted by Crippen LogP contribution is 2.49. The molecule has 0 unspecified atom stereocenters. The van der Waals surface area contributed by atoms with Gasteiger partial charge in [0.05, 0.1) is 0 Å². The molecule has 0 N–H and O–H groups in total. The van der Waals surface area contributed by atoms with Crippen LogP contribution in [0.3, 0.4) is 0 Å². The van der Waals surface area contributed by atoms with E-state index < -0.39 is 30.1 Å². The van der Waals surface area contributed by atoms with Gasteiger partial charge in [0.15, 0.2) is 0 Å². The lowest BCUT2D eigenvalue weighted by Gasteiger charge is -2.34. The highest BCUT2D eigenvalue weighted by Gasteiger charge is 2.78. The van der Waals surface area contributed by atoms with Gasteiger partial charge in [-0.25, -0.2) is 8.78 Å². The van der Waals surface area contributed by atoms with Crippen molar-refractivity contribution in [3.05, 3.63) is 0 Å². The fraction of sp³-hybridized carbons (Fsp3) is 0.909. The van der Waals surface area contributed by atoms with Gasteiger partial charge in [-0.3, -0.25) is 4.79 Å². The van der Waals surface area contributed by atoms with Crippen LogP contribution in [0.2, 0.25) is 0 Å². The highest BCUT2D eigenvalue weighted by molar-refractivity contribution is 5.85. The molecule has 1 aliphatic heterocycles. The average molecular weight is 327 g/mol. The number of carbonyl (C=O) groups is 1. The lowest BCUT2D eigenvalue weighted by atomic mass is 10.0. The number of halogens is 8. The highest BCUT2D eigenvalue weighted by atomic mass is 19.4. The van der Waals surface area contributed by atoms with E-state index in [2.05, 4.69) is 0 Å². The summed E-state index contributed by atoms with van der Waals surface area (Å²) in [4.78, 5) is 11.7. The number of nitrogens with zero attached hydrogens (tertiary/aromatic N) is 1. The van der Waals surface area contributed by atoms with Gasteiger partial charge in [-0.2, -0.15) is 26.3 Å². The number of likely N-dealkylation sites (tertiary alicyclic amines) is 1. The van der Waals surface area contributed by atoms with Crippen molar-refractivity contribution in [1.29, 1.82) is 0 Å². The minimum atomic E-state index is -6.47. The first kappa shape index (κ1) is 18.0. The molecule has 0 aromatic carbocycles. The molecule has 21 heavy (non-hydrogen) atoms. The van der Waals surface area contributed by atoms with Gasteiger partial charge in [0.1, 0.15) is 0 Å². The largest absolute Gasteiger partial charge is 0.392 e. The Morgan fingerprint density at radius 3 is 1.67 bits per heavy atom. The summed E-state index contributed by atoms with van der Waals surface area (Å²) in [6.07, 6.45) is -3.38. The zero-order chi connectivity index (χ0) is 16.5. The van der Waals surface area contributed by atoms with E-state index >= 15 is 0 Å². The Morgan fingerprint density at radius 1 is 0.857 bits per heavy atom. The van der Waals surface area contributed by atoms with E-state index in [9.17, 15) is 39.9 Å². The van der Waals surface area contributed by atoms with Gasteiger partial charge >= 0.3 is 24.2 Å². The van der Waals surface area contributed by atoms with E-state index in [0.29, 0.717) is 17.7 Å². The van der Waals surface area contributed by atoms with Crippen LogP contribution >= 0.6 is 0 Å². The Morgan fingerprint density at radius 2 is 1.29 bits per heavy atom. The number of alkyl halides is 8. The predicted octanol–water partition coefficient (Wildman–Crippen LogP) is 3.56. The number of rotatable bonds is 4. The van der Waals surface area contributed by atoms with Crippen LogP contribution < -0.4 is 0 Å². The third-order valence-corrected chi connectivity index (χ3v) is 3.25. The van der Waals surface area contributed by atoms with Crippen molar-refractivity contribution in [3.63, 3.8) is 0 Å². The Labute approximate surface area is 115 Å². The maximum absolute atomic E-state index is 13.4. The van der Waals surface area contributed by atoms with Crippen LogP contribution in [0.5, 0.6) is 0 Å². The van der Waals surface area contributed by atoms with Gasteiger partial charge in [0, 0.05) is 13.1 Å². The summed E-state index contributed by atoms with van der Waals surface area (Å²) in [7, 11) is 0. The summed E-state index contributed by atoms with van der Waals surface area (Å²) in [5.74, 6) is -21.2. The van der Waals surface area contributed by atoms with E-state index in [-0.39, 0.29) is 25.9 Å². The number of carbonyl (C=O) groups excluding carboxylic acids is 1. The molecule has 0 aliphatic carbocycles. The molecule has 0 aromatic rings. The molecule has 1 rings (SSSR count). The zero-order valence-electron chi connectivity index (χ0n) is 10.7. The summed E-state index contributed by atoms with van der Waals surface area (Å²) in [5.41, 5.74) is 0. The molecule has 0 saturated carbocycles. The monoisotopic (exact) mass is 327 g/mol. The molecule has 2 nitrogen and oxygen atoms in total. The molecule has 0 bridgehead atoms. The van der Waals surface area contributed by atoms with E-state index in [1.807, 2.05) is 0 Å². The first-order valence-electron chi connectivity index (χ1n) is 6.17. The molecule has 1 amide bonds. The number of hydrogen-bond donors (Lipinski definition) is 0. The van der Waals surface area contributed by atoms with E-state index in [0.717, 1.165) is 0 Å². The molecule has 10 heteroatoms. The third kappa shape index (κ3) is 3.08. The van der Waals surface area contributed by atoms with Crippen LogP contribution in [-0.2, 0) is 4.79 Å². The fourth-order valence-electron chi connectivity index (χ4n) is 1.95. The molecule has 0 radical (unpaired) electrons. The first-order valence-corrected chi connectivity index (χ1v) is 6.17. The van der Waals surface area contributed by atoms with Crippen LogP contribution in [0, 0.1) is 0 Å². The maximum Gasteiger partial charge on any atom is 0.392 e. The van der Waals surface area contributed by atoms with Gasteiger partial charge in [-0.15, -0.1) is 0 Å². The average Bonchev–Trinajstić information content (AvgIpc) is 2.65. The van der Waals surface area contributed by atoms with E-state index in [1.54, 1.807) is 0 Å². The van der Waals surface area contributed by atoms with Gasteiger partial charge in [-0.1, -0.05) is 12.8 Å². The Bertz CT molecular complexity index is 376. The lowest BCUT2D eigenvalue weighted by molar-refractivity contribution is -0.329. The molecule has 1 heterocycles. The topological polar surface area (TPSA) is 20.3 Å². The van der Waals surface area contributed by atoms with Gasteiger partial charge in [-0.05, 0) is 12.8 Å². The van der Waals surface area contributed by atoms with E-state index in [4.69, 9.17) is 0 Å². The molecule has 124 valence electrons. The Kier molecular flexibility index (Phi) is 5.09. The first-order chi connectivity index (χ1) is 9.46. The molecule has 0 aromatic heterocycles. The molecule has 0 spiro atoms. The normalized spacial score (nSPS) is 18.8. The minimum Gasteiger partial charge on any atom is -0.337 e. The molecule has 0 atom stereocenters. The second-order valence-electron chi connectivity index (χ2n) is 4.78. The van der Waals surface area contributed by atoms with Crippen LogP contribution in [0.4, 0.5) is 35.1 Å². The molecule has 1 saturated heterocycles. The van der Waals surface area contributed by atoms with Gasteiger partial charge in [0.2, 0.25) is 0 Å². The molecule has 1 fully saturated rings. The second-order valence-corrected chi connectivity index (χ2v) is 4.78. The summed E-state index contributed by atoms with van der Waals surface area (Å²) < 4.78 is 102. The van der Waals surface area contributed by atoms with Crippen molar-refractivity contribution in [1.82, 2.24) is 4.90 Å². The third-order valence-electron chi connectivity index (χ3n) is 3.25. The Hall–Kier alpha value is -1.09. The maximum atomic E-state index is 13.4. The predicted molar refractivity (Wildman–Crippen MR) is 55.9 cm³/mol. The van der Waals surface area contributed by atoms with E-state index in [1.165, 1.54) is 0 Å². The standard InChI is InChI=1S/C11H13F8NO/c12-7(13)9(14,15)11(18,19)10(16,17)8(21)20-5-3-1-2-4-6-20/h7H,1-6H2. The van der Waals surface area contributed by atoms with Crippen molar-refractivity contribution in [3.8, 4) is 0 Å². The van der Waals surface area contributed by atoms with Crippen molar-refractivity contribution in [2.75, 3.05) is 13.1 Å². The van der Waals surface area contributed by atoms with Gasteiger partial charge in [0.25, 0.3) is 5.91 Å². The smallest absolute Gasteiger partial charge is 0.337 e. The summed E-state index contributed by atoms with van der Waals surface area (Å²) in [6, 6.07) is 0. The zero-order valence-corrected chi connectivity index (χ0v) is 10.7. The van der Waals surface area contributed by atoms with Crippen molar-refractivity contribution < 1.29 is 39.9 Å². The number of amides is 1. The van der Waals surface area contributed by atoms with Crippen molar-refractivity contribution in [2.24, 2.45) is 0 Å². The van der Waals surface area contributed by atoms with Crippen molar-refractivity contribution in [2.45, 2.75) is 49.9 Å².